The van der Waals surface area contributed by atoms with Crippen LogP contribution in [0.3, 0.4) is 0 Å². The molecule has 2 aromatic heterocycles. The van der Waals surface area contributed by atoms with Crippen LogP contribution in [-0.4, -0.2) is 0 Å². The van der Waals surface area contributed by atoms with E-state index < -0.39 is 0 Å². The molecular weight excluding hydrogens is 1540 g/mol. The Morgan fingerprint density at radius 3 is 0.968 bits per heavy atom. The summed E-state index contributed by atoms with van der Waals surface area (Å²) < 4.78 is 11.7. The zero-order valence-electron chi connectivity index (χ0n) is 71.2. The van der Waals surface area contributed by atoms with E-state index in [4.69, 9.17) is 4.74 Å². The number of nitrogens with zero attached hydrogens (tertiary/aromatic N) is 4. The molecule has 0 unspecified atom stereocenters. The van der Waals surface area contributed by atoms with Crippen LogP contribution >= 0.6 is 22.7 Å². The van der Waals surface area contributed by atoms with E-state index in [1.807, 2.05) is 34.8 Å². The molecule has 0 spiro atoms. The number of hydrogen-bond donors (Lipinski definition) is 0. The Morgan fingerprint density at radius 2 is 0.548 bits per heavy atom. The number of ether oxygens (including phenoxy) is 1. The Bertz CT molecular complexity index is 7950. The molecule has 0 fully saturated rings. The molecule has 596 valence electrons. The summed E-state index contributed by atoms with van der Waals surface area (Å²) in [6.45, 7) is 23.8. The third kappa shape index (κ3) is 10.9. The van der Waals surface area contributed by atoms with Gasteiger partial charge in [-0.15, -0.1) is 22.7 Å². The molecule has 19 aromatic carbocycles. The topological polar surface area (TPSA) is 22.2 Å². The molecule has 5 nitrogen and oxygen atoms in total. The summed E-state index contributed by atoms with van der Waals surface area (Å²) in [4.78, 5) is 10.1. The highest BCUT2D eigenvalue weighted by Crippen LogP contribution is 2.62. The lowest BCUT2D eigenvalue weighted by atomic mass is 9.73. The third-order valence-electron chi connectivity index (χ3n) is 27.9. The molecule has 0 amide bonds. The number of para-hydroxylation sites is 8. The van der Waals surface area contributed by atoms with E-state index in [-0.39, 0.29) is 16.2 Å². The van der Waals surface area contributed by atoms with E-state index in [1.165, 1.54) is 206 Å². The first-order valence-corrected chi connectivity index (χ1v) is 45.4. The monoisotopic (exact) mass is 1630 g/mol. The minimum absolute atomic E-state index is 0.133. The minimum atomic E-state index is -0.207. The lowest BCUT2D eigenvalue weighted by Crippen LogP contribution is -2.30. The van der Waals surface area contributed by atoms with Crippen LogP contribution in [0.1, 0.15) is 126 Å². The van der Waals surface area contributed by atoms with Gasteiger partial charge in [-0.25, -0.2) is 0 Å². The van der Waals surface area contributed by atoms with Crippen molar-refractivity contribution in [3.8, 4) is 33.8 Å². The Morgan fingerprint density at radius 1 is 0.226 bits per heavy atom. The molecule has 0 aliphatic carbocycles. The molecule has 4 aliphatic rings. The van der Waals surface area contributed by atoms with Crippen LogP contribution in [0.5, 0.6) is 11.5 Å². The van der Waals surface area contributed by atoms with Gasteiger partial charge < -0.3 is 24.3 Å². The number of hydrogen-bond acceptors (Lipinski definition) is 7. The van der Waals surface area contributed by atoms with E-state index in [0.717, 1.165) is 34.2 Å². The number of rotatable bonds is 8. The van der Waals surface area contributed by atoms with E-state index in [0.29, 0.717) is 11.8 Å². The van der Waals surface area contributed by atoms with Crippen LogP contribution in [0, 0.1) is 0 Å². The van der Waals surface area contributed by atoms with Crippen molar-refractivity contribution in [2.45, 2.75) is 97.3 Å². The van der Waals surface area contributed by atoms with Crippen molar-refractivity contribution in [1.29, 1.82) is 0 Å². The summed E-state index contributed by atoms with van der Waals surface area (Å²) in [6.07, 6.45) is 0. The minimum Gasteiger partial charge on any atom is -0.453 e. The smallest absolute Gasteiger partial charge is 0.151 e. The van der Waals surface area contributed by atoms with Crippen molar-refractivity contribution in [1.82, 2.24) is 0 Å². The van der Waals surface area contributed by atoms with Gasteiger partial charge in [0.15, 0.2) is 11.5 Å². The van der Waals surface area contributed by atoms with Crippen LogP contribution < -0.4 is 24.3 Å². The fraction of sp³-hybridized carbons (Fsp3) is 0.128. The maximum atomic E-state index is 6.45. The number of benzene rings is 19. The average molecular weight is 1630 g/mol. The highest BCUT2D eigenvalue weighted by Gasteiger charge is 2.43. The van der Waals surface area contributed by atoms with Crippen molar-refractivity contribution >= 4 is 185 Å². The predicted molar refractivity (Wildman–Crippen MR) is 532 cm³/mol. The SMILES string of the molecule is CC(C)c1cc(N2c3ccccc3C(C)(C)c3ccccc32)c2ccc3c(C(C)C)cc(N4c5ccccc5C(C)(C)c5cc6c(cc54)sc4ccccc46)c4ccc1c2c34.CC1(C)c2ccccc2N(c2ccc3c(-c4ccccc4)c4cc(N5c6ccccc6Oc6ccccc65)ccc4c(-c4ccccc4)c3c2)c2cc3sc4ccccc4c3cc21. The van der Waals surface area contributed by atoms with Gasteiger partial charge in [-0.3, -0.25) is 0 Å². The molecule has 21 aromatic rings. The van der Waals surface area contributed by atoms with Gasteiger partial charge in [-0.2, -0.15) is 0 Å². The second kappa shape index (κ2) is 27.6. The Balaban J connectivity index is 0.000000139. The Kier molecular flexibility index (Phi) is 16.5. The fourth-order valence-electron chi connectivity index (χ4n) is 21.9. The van der Waals surface area contributed by atoms with Crippen molar-refractivity contribution < 1.29 is 4.74 Å². The van der Waals surface area contributed by atoms with Crippen LogP contribution in [0.4, 0.5) is 68.2 Å². The maximum Gasteiger partial charge on any atom is 0.151 e. The zero-order chi connectivity index (χ0) is 83.5. The van der Waals surface area contributed by atoms with E-state index in [1.54, 1.807) is 0 Å². The second-order valence-corrected chi connectivity index (χ2v) is 38.7. The lowest BCUT2D eigenvalue weighted by molar-refractivity contribution is 0.477. The van der Waals surface area contributed by atoms with Gasteiger partial charge in [0.25, 0.3) is 0 Å². The van der Waals surface area contributed by atoms with Gasteiger partial charge >= 0.3 is 0 Å². The molecule has 6 heterocycles. The number of fused-ring (bicyclic) bond motifs is 16. The number of anilines is 12. The zero-order valence-corrected chi connectivity index (χ0v) is 72.8. The lowest BCUT2D eigenvalue weighted by Gasteiger charge is -2.43. The van der Waals surface area contributed by atoms with Gasteiger partial charge in [0.1, 0.15) is 0 Å². The highest BCUT2D eigenvalue weighted by atomic mass is 32.1. The molecule has 25 rings (SSSR count). The molecule has 0 saturated heterocycles. The quantitative estimate of drug-likeness (QED) is 0.111. The fourth-order valence-corrected chi connectivity index (χ4v) is 24.2. The van der Waals surface area contributed by atoms with Gasteiger partial charge in [-0.05, 0) is 243 Å². The molecule has 0 N–H and O–H groups in total. The van der Waals surface area contributed by atoms with E-state index in [9.17, 15) is 0 Å². The summed E-state index contributed by atoms with van der Waals surface area (Å²) >= 11 is 3.79. The van der Waals surface area contributed by atoms with Crippen LogP contribution in [-0.2, 0) is 16.2 Å². The molecule has 0 saturated carbocycles. The first-order chi connectivity index (χ1) is 60.5. The predicted octanol–water partition coefficient (Wildman–Crippen LogP) is 34.8. The maximum absolute atomic E-state index is 6.45. The van der Waals surface area contributed by atoms with Crippen LogP contribution in [0.25, 0.3) is 116 Å². The van der Waals surface area contributed by atoms with Gasteiger partial charge in [0.05, 0.1) is 56.9 Å². The molecule has 4 aliphatic heterocycles. The van der Waals surface area contributed by atoms with Crippen LogP contribution in [0.15, 0.2) is 352 Å². The van der Waals surface area contributed by atoms with Crippen molar-refractivity contribution in [2.24, 2.45) is 0 Å². The first kappa shape index (κ1) is 74.0. The first-order valence-electron chi connectivity index (χ1n) is 43.7. The summed E-state index contributed by atoms with van der Waals surface area (Å²) in [5.41, 5.74) is 29.4. The van der Waals surface area contributed by atoms with Crippen LogP contribution in [0.2, 0.25) is 0 Å². The van der Waals surface area contributed by atoms with E-state index >= 15 is 0 Å². The highest BCUT2D eigenvalue weighted by molar-refractivity contribution is 7.26. The molecule has 124 heavy (non-hydrogen) atoms. The summed E-state index contributed by atoms with van der Waals surface area (Å²) in [5.74, 6) is 2.32. The van der Waals surface area contributed by atoms with Crippen molar-refractivity contribution in [3.05, 3.63) is 396 Å². The molecular formula is C117H90N4OS2. The molecule has 0 bridgehead atoms. The Labute approximate surface area is 731 Å². The average Bonchev–Trinajstić information content (AvgIpc) is 0.950. The summed E-state index contributed by atoms with van der Waals surface area (Å²) in [5, 5.41) is 18.2. The van der Waals surface area contributed by atoms with Crippen molar-refractivity contribution in [3.63, 3.8) is 0 Å². The third-order valence-corrected chi connectivity index (χ3v) is 30.2. The van der Waals surface area contributed by atoms with Gasteiger partial charge in [0, 0.05) is 78.7 Å². The van der Waals surface area contributed by atoms with Crippen molar-refractivity contribution in [2.75, 3.05) is 19.6 Å². The van der Waals surface area contributed by atoms with Gasteiger partial charge in [-0.1, -0.05) is 300 Å². The largest absolute Gasteiger partial charge is 0.453 e. The summed E-state index contributed by atoms with van der Waals surface area (Å²) in [6, 6.07) is 132. The second-order valence-electron chi connectivity index (χ2n) is 36.5. The summed E-state index contributed by atoms with van der Waals surface area (Å²) in [7, 11) is 0. The van der Waals surface area contributed by atoms with Gasteiger partial charge in [0.2, 0.25) is 0 Å². The Hall–Kier alpha value is -13.8. The number of thiophene rings is 2. The molecule has 0 radical (unpaired) electrons. The standard InChI is InChI=1S/C59H40N2OS.C58H50N2S/c1-59(2)47-22-10-11-23-49(47)60(52-36-56-44(35-48(52)59)41-21-9-16-28-55(41)63-56)39-29-31-42-45(33-39)57(37-17-5-3-6-18-37)43-32-30-40(34-46(43)58(42)38-19-7-4-8-20-38)61-50-24-12-14-26-53(50)62-54-27-15-13-25-51(54)61;1-33(2)40-30-50(59-47-21-13-10-18-43(47)57(5,6)44-19-11-14-22-48(44)59)38-27-25-37-41(34(3)4)31-51(39-28-26-36(40)55(38)56(37)39)60-49-23-15-12-20-45(49)58(7,8)46-29-42-35-17-9-16-24-53(35)61-54(42)32-52(46)60/h3-36H,1-2H3;9-34H,1-8H3. The van der Waals surface area contributed by atoms with E-state index in [2.05, 4.69) is 429 Å². The normalized spacial score (nSPS) is 14.5. The molecule has 0 atom stereocenters. The molecule has 7 heteroatoms.